The Hall–Kier alpha value is -2.22. The number of nitrogens with zero attached hydrogens (tertiary/aromatic N) is 3. The maximum atomic E-state index is 12.1. The maximum Gasteiger partial charge on any atom is 0.387 e. The van der Waals surface area contributed by atoms with E-state index in [-0.39, 0.29) is 16.7 Å². The van der Waals surface area contributed by atoms with Crippen LogP contribution in [0.2, 0.25) is 5.02 Å². The van der Waals surface area contributed by atoms with E-state index >= 15 is 0 Å². The summed E-state index contributed by atoms with van der Waals surface area (Å²) >= 11 is 5.80. The number of rotatable bonds is 5. The number of nitrogens with one attached hydrogen (secondary N) is 1. The SMILES string of the molecule is C[C@H](C(=O)Nc1ccc(OC(F)F)c(Cl)c1)n1cncn1. The Bertz CT molecular complexity index is 622. The van der Waals surface area contributed by atoms with Crippen LogP contribution in [0.4, 0.5) is 14.5 Å². The van der Waals surface area contributed by atoms with E-state index < -0.39 is 12.7 Å². The predicted octanol–water partition coefficient (Wildman–Crippen LogP) is 2.73. The molecule has 0 spiro atoms. The summed E-state index contributed by atoms with van der Waals surface area (Å²) in [6, 6.07) is 3.41. The van der Waals surface area contributed by atoms with E-state index in [1.54, 1.807) is 6.92 Å². The van der Waals surface area contributed by atoms with Gasteiger partial charge in [0, 0.05) is 5.69 Å². The van der Waals surface area contributed by atoms with E-state index in [0.717, 1.165) is 0 Å². The molecule has 0 aliphatic heterocycles. The number of hydrogen-bond donors (Lipinski definition) is 1. The van der Waals surface area contributed by atoms with Gasteiger partial charge in [-0.25, -0.2) is 9.67 Å². The van der Waals surface area contributed by atoms with Crippen molar-refractivity contribution in [3.8, 4) is 5.75 Å². The number of halogens is 3. The molecule has 0 bridgehead atoms. The highest BCUT2D eigenvalue weighted by molar-refractivity contribution is 6.32. The van der Waals surface area contributed by atoms with Gasteiger partial charge in [0.2, 0.25) is 5.91 Å². The van der Waals surface area contributed by atoms with Gasteiger partial charge in [0.05, 0.1) is 5.02 Å². The molecular formula is C12H11ClF2N4O2. The first-order valence-corrected chi connectivity index (χ1v) is 6.24. The van der Waals surface area contributed by atoms with Crippen molar-refractivity contribution in [2.24, 2.45) is 0 Å². The van der Waals surface area contributed by atoms with Crippen molar-refractivity contribution in [3.05, 3.63) is 35.9 Å². The molecule has 6 nitrogen and oxygen atoms in total. The highest BCUT2D eigenvalue weighted by atomic mass is 35.5. The predicted molar refractivity (Wildman–Crippen MR) is 71.4 cm³/mol. The number of amides is 1. The smallest absolute Gasteiger partial charge is 0.387 e. The molecule has 21 heavy (non-hydrogen) atoms. The number of ether oxygens (including phenoxy) is 1. The highest BCUT2D eigenvalue weighted by Crippen LogP contribution is 2.29. The summed E-state index contributed by atoms with van der Waals surface area (Å²) in [7, 11) is 0. The van der Waals surface area contributed by atoms with Gasteiger partial charge < -0.3 is 10.1 Å². The van der Waals surface area contributed by atoms with Gasteiger partial charge in [0.25, 0.3) is 0 Å². The summed E-state index contributed by atoms with van der Waals surface area (Å²) in [6.45, 7) is -1.32. The molecule has 2 aromatic rings. The number of carbonyl (C=O) groups excluding carboxylic acids is 1. The van der Waals surface area contributed by atoms with Gasteiger partial charge in [-0.2, -0.15) is 13.9 Å². The molecular weight excluding hydrogens is 306 g/mol. The topological polar surface area (TPSA) is 69.0 Å². The highest BCUT2D eigenvalue weighted by Gasteiger charge is 2.16. The van der Waals surface area contributed by atoms with Crippen LogP contribution in [0.25, 0.3) is 0 Å². The normalized spacial score (nSPS) is 12.2. The summed E-state index contributed by atoms with van der Waals surface area (Å²) in [5.74, 6) is -0.506. The standard InChI is InChI=1S/C12H11ClF2N4O2/c1-7(19-6-16-5-17-19)11(20)18-8-2-3-10(9(13)4-8)21-12(14)15/h2-7,12H,1H3,(H,18,20)/t7-/m1/s1. The zero-order valence-corrected chi connectivity index (χ0v) is 11.6. The second-order valence-electron chi connectivity index (χ2n) is 4.06. The third-order valence-electron chi connectivity index (χ3n) is 2.63. The van der Waals surface area contributed by atoms with E-state index in [0.29, 0.717) is 5.69 Å². The summed E-state index contributed by atoms with van der Waals surface area (Å²) in [5.41, 5.74) is 0.360. The molecule has 1 aromatic heterocycles. The van der Waals surface area contributed by atoms with Crippen LogP contribution in [0.5, 0.6) is 5.75 Å². The molecule has 0 aliphatic carbocycles. The zero-order valence-electron chi connectivity index (χ0n) is 10.8. The first-order valence-electron chi connectivity index (χ1n) is 5.86. The average molecular weight is 317 g/mol. The number of carbonyl (C=O) groups is 1. The van der Waals surface area contributed by atoms with Crippen LogP contribution in [-0.4, -0.2) is 27.3 Å². The Labute approximate surface area is 123 Å². The lowest BCUT2D eigenvalue weighted by molar-refractivity contribution is -0.119. The van der Waals surface area contributed by atoms with Crippen LogP contribution in [0, 0.1) is 0 Å². The minimum Gasteiger partial charge on any atom is -0.433 e. The van der Waals surface area contributed by atoms with Crippen molar-refractivity contribution in [2.75, 3.05) is 5.32 Å². The lowest BCUT2D eigenvalue weighted by Gasteiger charge is -2.13. The number of alkyl halides is 2. The van der Waals surface area contributed by atoms with Gasteiger partial charge in [-0.1, -0.05) is 11.6 Å². The molecule has 0 radical (unpaired) electrons. The molecule has 0 aliphatic rings. The van der Waals surface area contributed by atoms with Gasteiger partial charge >= 0.3 is 6.61 Å². The van der Waals surface area contributed by atoms with Crippen molar-refractivity contribution in [3.63, 3.8) is 0 Å². The van der Waals surface area contributed by atoms with Gasteiger partial charge in [-0.3, -0.25) is 4.79 Å². The van der Waals surface area contributed by atoms with Crippen LogP contribution in [0.15, 0.2) is 30.9 Å². The Morgan fingerprint density at radius 2 is 2.24 bits per heavy atom. The van der Waals surface area contributed by atoms with Crippen LogP contribution < -0.4 is 10.1 Å². The monoisotopic (exact) mass is 316 g/mol. The van der Waals surface area contributed by atoms with E-state index in [2.05, 4.69) is 20.1 Å². The van der Waals surface area contributed by atoms with E-state index in [9.17, 15) is 13.6 Å². The fraction of sp³-hybridized carbons (Fsp3) is 0.250. The zero-order chi connectivity index (χ0) is 15.4. The fourth-order valence-electron chi connectivity index (χ4n) is 1.55. The first kappa shape index (κ1) is 15.2. The molecule has 0 unspecified atom stereocenters. The number of aromatic nitrogens is 3. The summed E-state index contributed by atoms with van der Waals surface area (Å²) < 4.78 is 29.8. The van der Waals surface area contributed by atoms with E-state index in [1.807, 2.05) is 0 Å². The minimum absolute atomic E-state index is 0.0264. The molecule has 1 aromatic carbocycles. The molecule has 1 N–H and O–H groups in total. The molecule has 2 rings (SSSR count). The Balaban J connectivity index is 2.06. The third kappa shape index (κ3) is 3.88. The first-order chi connectivity index (χ1) is 9.97. The summed E-state index contributed by atoms with van der Waals surface area (Å²) in [4.78, 5) is 15.7. The van der Waals surface area contributed by atoms with Gasteiger partial charge in [0.15, 0.2) is 0 Å². The molecule has 112 valence electrons. The molecule has 0 fully saturated rings. The molecule has 1 amide bonds. The lowest BCUT2D eigenvalue weighted by Crippen LogP contribution is -2.24. The van der Waals surface area contributed by atoms with Crippen LogP contribution in [0.1, 0.15) is 13.0 Å². The second kappa shape index (κ2) is 6.49. The maximum absolute atomic E-state index is 12.1. The van der Waals surface area contributed by atoms with Gasteiger partial charge in [0.1, 0.15) is 24.4 Å². The Kier molecular flexibility index (Phi) is 4.69. The number of hydrogen-bond acceptors (Lipinski definition) is 4. The third-order valence-corrected chi connectivity index (χ3v) is 2.92. The Morgan fingerprint density at radius 1 is 1.48 bits per heavy atom. The van der Waals surface area contributed by atoms with Crippen molar-refractivity contribution in [1.82, 2.24) is 14.8 Å². The fourth-order valence-corrected chi connectivity index (χ4v) is 1.78. The van der Waals surface area contributed by atoms with Crippen molar-refractivity contribution in [2.45, 2.75) is 19.6 Å². The lowest BCUT2D eigenvalue weighted by atomic mass is 10.2. The van der Waals surface area contributed by atoms with Crippen molar-refractivity contribution >= 4 is 23.2 Å². The number of anilines is 1. The van der Waals surface area contributed by atoms with Crippen LogP contribution in [0.3, 0.4) is 0 Å². The van der Waals surface area contributed by atoms with Crippen LogP contribution in [-0.2, 0) is 4.79 Å². The van der Waals surface area contributed by atoms with Crippen molar-refractivity contribution < 1.29 is 18.3 Å². The molecule has 9 heteroatoms. The van der Waals surface area contributed by atoms with Gasteiger partial charge in [-0.05, 0) is 25.1 Å². The summed E-state index contributed by atoms with van der Waals surface area (Å²) in [6.07, 6.45) is 2.73. The molecule has 1 heterocycles. The minimum atomic E-state index is -2.96. The van der Waals surface area contributed by atoms with Gasteiger partial charge in [-0.15, -0.1) is 0 Å². The second-order valence-corrected chi connectivity index (χ2v) is 4.47. The van der Waals surface area contributed by atoms with Crippen LogP contribution >= 0.6 is 11.6 Å². The van der Waals surface area contributed by atoms with E-state index in [4.69, 9.17) is 11.6 Å². The summed E-state index contributed by atoms with van der Waals surface area (Å²) in [5, 5.41) is 6.43. The van der Waals surface area contributed by atoms with Crippen molar-refractivity contribution in [1.29, 1.82) is 0 Å². The van der Waals surface area contributed by atoms with E-state index in [1.165, 1.54) is 35.5 Å². The quantitative estimate of drug-likeness (QED) is 0.921. The average Bonchev–Trinajstić information content (AvgIpc) is 2.94. The Morgan fingerprint density at radius 3 is 2.81 bits per heavy atom. The molecule has 1 atom stereocenters. The number of benzene rings is 1. The largest absolute Gasteiger partial charge is 0.433 e. The molecule has 0 saturated carbocycles. The molecule has 0 saturated heterocycles.